The Bertz CT molecular complexity index is 748. The summed E-state index contributed by atoms with van der Waals surface area (Å²) in [5.74, 6) is 0.804. The van der Waals surface area contributed by atoms with Gasteiger partial charge in [-0.2, -0.15) is 0 Å². The number of rotatable bonds is 6. The van der Waals surface area contributed by atoms with Gasteiger partial charge in [-0.3, -0.25) is 4.79 Å². The van der Waals surface area contributed by atoms with Gasteiger partial charge in [-0.05, 0) is 36.8 Å². The lowest BCUT2D eigenvalue weighted by Gasteiger charge is -2.25. The van der Waals surface area contributed by atoms with Crippen molar-refractivity contribution >= 4 is 15.7 Å². The summed E-state index contributed by atoms with van der Waals surface area (Å²) in [6.07, 6.45) is 3.71. The van der Waals surface area contributed by atoms with Gasteiger partial charge in [0, 0.05) is 26.1 Å². The molecule has 0 saturated heterocycles. The normalized spacial score (nSPS) is 12.8. The molecule has 1 aromatic carbocycles. The quantitative estimate of drug-likeness (QED) is 0.814. The van der Waals surface area contributed by atoms with E-state index in [4.69, 9.17) is 4.42 Å². The van der Waals surface area contributed by atoms with E-state index in [1.807, 2.05) is 13.0 Å². The van der Waals surface area contributed by atoms with Crippen LogP contribution in [-0.2, 0) is 21.1 Å². The molecule has 0 N–H and O–H groups in total. The largest absolute Gasteiger partial charge is 0.469 e. The van der Waals surface area contributed by atoms with Gasteiger partial charge in [-0.15, -0.1) is 0 Å². The third-order valence-corrected chi connectivity index (χ3v) is 5.06. The van der Waals surface area contributed by atoms with E-state index in [9.17, 15) is 13.2 Å². The van der Waals surface area contributed by atoms with Gasteiger partial charge in [0.2, 0.25) is 5.91 Å². The highest BCUT2D eigenvalue weighted by molar-refractivity contribution is 7.90. The highest BCUT2D eigenvalue weighted by Crippen LogP contribution is 2.21. The molecule has 0 fully saturated rings. The number of benzene rings is 1. The summed E-state index contributed by atoms with van der Waals surface area (Å²) in [4.78, 5) is 14.2. The molecule has 0 aliphatic heterocycles. The van der Waals surface area contributed by atoms with E-state index >= 15 is 0 Å². The Morgan fingerprint density at radius 2 is 1.87 bits per heavy atom. The molecule has 2 rings (SSSR count). The monoisotopic (exact) mass is 335 g/mol. The zero-order valence-electron chi connectivity index (χ0n) is 13.5. The van der Waals surface area contributed by atoms with E-state index in [-0.39, 0.29) is 16.8 Å². The number of furan rings is 1. The number of nitrogens with zero attached hydrogens (tertiary/aromatic N) is 1. The minimum absolute atomic E-state index is 0.0149. The van der Waals surface area contributed by atoms with E-state index in [2.05, 4.69) is 0 Å². The number of hydrogen-bond donors (Lipinski definition) is 0. The Balaban J connectivity index is 2.00. The highest BCUT2D eigenvalue weighted by atomic mass is 32.2. The molecule has 1 aromatic heterocycles. The lowest BCUT2D eigenvalue weighted by molar-refractivity contribution is -0.131. The minimum atomic E-state index is -3.21. The molecule has 0 bridgehead atoms. The van der Waals surface area contributed by atoms with Crippen LogP contribution in [0, 0.1) is 0 Å². The van der Waals surface area contributed by atoms with Crippen molar-refractivity contribution in [1.29, 1.82) is 0 Å². The molecule has 0 aliphatic carbocycles. The zero-order valence-corrected chi connectivity index (χ0v) is 14.3. The molecule has 1 heterocycles. The van der Waals surface area contributed by atoms with E-state index < -0.39 is 9.84 Å². The topological polar surface area (TPSA) is 67.6 Å². The first kappa shape index (κ1) is 17.3. The van der Waals surface area contributed by atoms with Gasteiger partial charge >= 0.3 is 0 Å². The van der Waals surface area contributed by atoms with Crippen molar-refractivity contribution in [2.45, 2.75) is 30.7 Å². The van der Waals surface area contributed by atoms with Crippen LogP contribution in [0.15, 0.2) is 52.0 Å². The van der Waals surface area contributed by atoms with Crippen LogP contribution in [0.5, 0.6) is 0 Å². The fourth-order valence-corrected chi connectivity index (χ4v) is 2.92. The Labute approximate surface area is 136 Å². The van der Waals surface area contributed by atoms with Crippen molar-refractivity contribution in [2.75, 3.05) is 13.3 Å². The van der Waals surface area contributed by atoms with Crippen LogP contribution in [0.4, 0.5) is 0 Å². The molecule has 0 aliphatic rings. The van der Waals surface area contributed by atoms with Gasteiger partial charge in [0.05, 0.1) is 17.2 Å². The Morgan fingerprint density at radius 3 is 2.39 bits per heavy atom. The summed E-state index contributed by atoms with van der Waals surface area (Å²) in [6, 6.07) is 10.2. The van der Waals surface area contributed by atoms with E-state index in [1.165, 1.54) is 6.26 Å². The molecule has 5 nitrogen and oxygen atoms in total. The summed E-state index contributed by atoms with van der Waals surface area (Å²) in [7, 11) is -1.46. The maximum atomic E-state index is 12.3. The Morgan fingerprint density at radius 1 is 1.22 bits per heavy atom. The molecule has 23 heavy (non-hydrogen) atoms. The van der Waals surface area contributed by atoms with Gasteiger partial charge < -0.3 is 9.32 Å². The molecular weight excluding hydrogens is 314 g/mol. The second-order valence-corrected chi connectivity index (χ2v) is 7.62. The summed E-state index contributed by atoms with van der Waals surface area (Å²) in [5, 5.41) is 0. The van der Waals surface area contributed by atoms with Crippen molar-refractivity contribution < 1.29 is 17.6 Å². The van der Waals surface area contributed by atoms with Crippen LogP contribution in [0.25, 0.3) is 0 Å². The zero-order chi connectivity index (χ0) is 17.0. The molecule has 0 spiro atoms. The first-order chi connectivity index (χ1) is 10.8. The number of hydrogen-bond acceptors (Lipinski definition) is 4. The van der Waals surface area contributed by atoms with Crippen LogP contribution in [0.3, 0.4) is 0 Å². The predicted molar refractivity (Wildman–Crippen MR) is 87.8 cm³/mol. The van der Waals surface area contributed by atoms with Crippen LogP contribution in [0.2, 0.25) is 0 Å². The number of carbonyl (C=O) groups excluding carboxylic acids is 1. The molecule has 0 saturated carbocycles. The highest BCUT2D eigenvalue weighted by Gasteiger charge is 2.18. The molecule has 0 radical (unpaired) electrons. The average Bonchev–Trinajstić information content (AvgIpc) is 3.04. The van der Waals surface area contributed by atoms with Gasteiger partial charge in [-0.25, -0.2) is 8.42 Å². The maximum Gasteiger partial charge on any atom is 0.223 e. The molecule has 6 heteroatoms. The fourth-order valence-electron chi connectivity index (χ4n) is 2.29. The Hall–Kier alpha value is -2.08. The van der Waals surface area contributed by atoms with Crippen LogP contribution in [0.1, 0.15) is 30.7 Å². The van der Waals surface area contributed by atoms with Crippen molar-refractivity contribution in [3.05, 3.63) is 54.0 Å². The molecule has 1 amide bonds. The van der Waals surface area contributed by atoms with Gasteiger partial charge in [0.25, 0.3) is 0 Å². The Kier molecular flexibility index (Phi) is 5.26. The van der Waals surface area contributed by atoms with Gasteiger partial charge in [0.15, 0.2) is 9.84 Å². The average molecular weight is 335 g/mol. The lowest BCUT2D eigenvalue weighted by Crippen LogP contribution is -2.29. The number of sulfone groups is 1. The van der Waals surface area contributed by atoms with E-state index in [1.54, 1.807) is 48.5 Å². The third kappa shape index (κ3) is 4.45. The lowest BCUT2D eigenvalue weighted by atomic mass is 10.1. The SMILES string of the molecule is CC(c1ccc(S(C)(=O)=O)cc1)N(C)C(=O)CCc1ccco1. The van der Waals surface area contributed by atoms with Crippen LogP contribution < -0.4 is 0 Å². The molecular formula is C17H21NO4S. The summed E-state index contributed by atoms with van der Waals surface area (Å²) < 4.78 is 28.2. The predicted octanol–water partition coefficient (Wildman–Crippen LogP) is 2.84. The number of aryl methyl sites for hydroxylation is 1. The van der Waals surface area contributed by atoms with E-state index in [0.29, 0.717) is 12.8 Å². The number of carbonyl (C=O) groups is 1. The summed E-state index contributed by atoms with van der Waals surface area (Å²) in [5.41, 5.74) is 0.895. The van der Waals surface area contributed by atoms with E-state index in [0.717, 1.165) is 11.3 Å². The van der Waals surface area contributed by atoms with Gasteiger partial charge in [-0.1, -0.05) is 12.1 Å². The standard InChI is InChI=1S/C17H21NO4S/c1-13(14-6-9-16(10-7-14)23(3,20)21)18(2)17(19)11-8-15-5-4-12-22-15/h4-7,9-10,12-13H,8,11H2,1-3H3. The van der Waals surface area contributed by atoms with Crippen molar-refractivity contribution in [1.82, 2.24) is 4.90 Å². The molecule has 1 atom stereocenters. The minimum Gasteiger partial charge on any atom is -0.469 e. The fraction of sp³-hybridized carbons (Fsp3) is 0.353. The summed E-state index contributed by atoms with van der Waals surface area (Å²) in [6.45, 7) is 1.92. The smallest absolute Gasteiger partial charge is 0.223 e. The van der Waals surface area contributed by atoms with Crippen molar-refractivity contribution in [3.8, 4) is 0 Å². The first-order valence-electron chi connectivity index (χ1n) is 7.37. The maximum absolute atomic E-state index is 12.3. The van der Waals surface area contributed by atoms with Crippen LogP contribution >= 0.6 is 0 Å². The van der Waals surface area contributed by atoms with Crippen molar-refractivity contribution in [3.63, 3.8) is 0 Å². The molecule has 124 valence electrons. The molecule has 2 aromatic rings. The third-order valence-electron chi connectivity index (χ3n) is 3.93. The number of amides is 1. The summed E-state index contributed by atoms with van der Waals surface area (Å²) >= 11 is 0. The van der Waals surface area contributed by atoms with Gasteiger partial charge in [0.1, 0.15) is 5.76 Å². The second-order valence-electron chi connectivity index (χ2n) is 5.60. The second kappa shape index (κ2) is 7.00. The molecule has 1 unspecified atom stereocenters. The van der Waals surface area contributed by atoms with Crippen molar-refractivity contribution in [2.24, 2.45) is 0 Å². The van der Waals surface area contributed by atoms with Crippen LogP contribution in [-0.4, -0.2) is 32.5 Å². The first-order valence-corrected chi connectivity index (χ1v) is 9.26.